The van der Waals surface area contributed by atoms with Gasteiger partial charge in [-0.15, -0.1) is 0 Å². The van der Waals surface area contributed by atoms with E-state index in [1.807, 2.05) is 58.0 Å². The van der Waals surface area contributed by atoms with E-state index in [0.29, 0.717) is 0 Å². The molecule has 0 bridgehead atoms. The second-order valence-electron chi connectivity index (χ2n) is 6.08. The number of hydrogen-bond donors (Lipinski definition) is 2. The zero-order valence-corrected chi connectivity index (χ0v) is 13.6. The third-order valence-corrected chi connectivity index (χ3v) is 3.43. The molecule has 0 aliphatic heterocycles. The molecule has 122 valence electrons. The Kier molecular flexibility index (Phi) is 6.89. The number of carboxylic acids is 1. The summed E-state index contributed by atoms with van der Waals surface area (Å²) in [5.41, 5.74) is 0.847. The van der Waals surface area contributed by atoms with Crippen LogP contribution < -0.4 is 5.32 Å². The van der Waals surface area contributed by atoms with Gasteiger partial charge in [0.05, 0.1) is 0 Å². The Labute approximate surface area is 131 Å². The first-order valence-electron chi connectivity index (χ1n) is 7.55. The van der Waals surface area contributed by atoms with Crippen LogP contribution in [0.5, 0.6) is 0 Å². The van der Waals surface area contributed by atoms with E-state index in [2.05, 4.69) is 5.32 Å². The molecule has 5 heteroatoms. The lowest BCUT2D eigenvalue weighted by Crippen LogP contribution is -2.44. The van der Waals surface area contributed by atoms with E-state index in [0.717, 1.165) is 5.56 Å². The van der Waals surface area contributed by atoms with E-state index in [9.17, 15) is 14.7 Å². The van der Waals surface area contributed by atoms with Gasteiger partial charge < -0.3 is 15.2 Å². The Bertz CT molecular complexity index is 477. The highest BCUT2D eigenvalue weighted by molar-refractivity contribution is 5.80. The average molecular weight is 307 g/mol. The number of hydrogen-bond acceptors (Lipinski definition) is 3. The quantitative estimate of drug-likeness (QED) is 0.811. The highest BCUT2D eigenvalue weighted by Gasteiger charge is 2.26. The number of carboxylic acid groups (broad SMARTS) is 1. The van der Waals surface area contributed by atoms with Crippen LogP contribution in [0.3, 0.4) is 0 Å². The Balaban J connectivity index is 2.67. The third-order valence-electron chi connectivity index (χ3n) is 3.43. The van der Waals surface area contributed by atoms with Gasteiger partial charge in [-0.1, -0.05) is 58.0 Å². The Morgan fingerprint density at radius 2 is 1.64 bits per heavy atom. The molecule has 0 heterocycles. The maximum atomic E-state index is 12.0. The summed E-state index contributed by atoms with van der Waals surface area (Å²) in [6.07, 6.45) is -0.707. The molecule has 0 spiro atoms. The monoisotopic (exact) mass is 307 g/mol. The summed E-state index contributed by atoms with van der Waals surface area (Å²) >= 11 is 0. The SMILES string of the molecule is CC(C)C(OC(=O)NC(Cc1ccccc1)C(=O)O)C(C)C. The summed E-state index contributed by atoms with van der Waals surface area (Å²) < 4.78 is 5.38. The molecular weight excluding hydrogens is 282 g/mol. The fourth-order valence-electron chi connectivity index (χ4n) is 2.39. The Morgan fingerprint density at radius 3 is 2.09 bits per heavy atom. The van der Waals surface area contributed by atoms with Crippen molar-refractivity contribution in [3.8, 4) is 0 Å². The molecular formula is C17H25NO4. The molecule has 0 saturated heterocycles. The van der Waals surface area contributed by atoms with Gasteiger partial charge in [0, 0.05) is 6.42 Å². The minimum absolute atomic E-state index is 0.170. The minimum Gasteiger partial charge on any atom is -0.480 e. The summed E-state index contributed by atoms with van der Waals surface area (Å²) in [6.45, 7) is 7.88. The van der Waals surface area contributed by atoms with Gasteiger partial charge in [-0.05, 0) is 17.4 Å². The van der Waals surface area contributed by atoms with Gasteiger partial charge in [-0.25, -0.2) is 9.59 Å². The van der Waals surface area contributed by atoms with Crippen LogP contribution in [-0.2, 0) is 16.0 Å². The fraction of sp³-hybridized carbons (Fsp3) is 0.529. The van der Waals surface area contributed by atoms with Crippen LogP contribution in [0.25, 0.3) is 0 Å². The van der Waals surface area contributed by atoms with Crippen molar-refractivity contribution >= 4 is 12.1 Å². The number of ether oxygens (including phenoxy) is 1. The number of carbonyl (C=O) groups is 2. The molecule has 1 aromatic carbocycles. The predicted octanol–water partition coefficient (Wildman–Crippen LogP) is 3.09. The molecule has 0 saturated carbocycles. The summed E-state index contributed by atoms with van der Waals surface area (Å²) in [5, 5.41) is 11.7. The minimum atomic E-state index is -1.08. The summed E-state index contributed by atoms with van der Waals surface area (Å²) in [4.78, 5) is 23.3. The molecule has 22 heavy (non-hydrogen) atoms. The largest absolute Gasteiger partial charge is 0.480 e. The number of nitrogens with one attached hydrogen (secondary N) is 1. The highest BCUT2D eigenvalue weighted by Crippen LogP contribution is 2.16. The van der Waals surface area contributed by atoms with Crippen molar-refractivity contribution in [1.82, 2.24) is 5.32 Å². The van der Waals surface area contributed by atoms with Gasteiger partial charge >= 0.3 is 12.1 Å². The first-order valence-corrected chi connectivity index (χ1v) is 7.55. The zero-order chi connectivity index (χ0) is 16.7. The normalized spacial score (nSPS) is 12.5. The molecule has 1 amide bonds. The van der Waals surface area contributed by atoms with Crippen molar-refractivity contribution < 1.29 is 19.4 Å². The van der Waals surface area contributed by atoms with Crippen molar-refractivity contribution in [2.24, 2.45) is 11.8 Å². The van der Waals surface area contributed by atoms with Crippen molar-refractivity contribution in [3.05, 3.63) is 35.9 Å². The van der Waals surface area contributed by atoms with Gasteiger partial charge in [0.15, 0.2) is 0 Å². The van der Waals surface area contributed by atoms with Gasteiger partial charge in [0.2, 0.25) is 0 Å². The van der Waals surface area contributed by atoms with E-state index in [-0.39, 0.29) is 24.4 Å². The van der Waals surface area contributed by atoms with E-state index in [4.69, 9.17) is 4.74 Å². The molecule has 5 nitrogen and oxygen atoms in total. The summed E-state index contributed by atoms with van der Waals surface area (Å²) in [6, 6.07) is 8.17. The molecule has 0 fully saturated rings. The number of benzene rings is 1. The highest BCUT2D eigenvalue weighted by atomic mass is 16.6. The molecule has 1 unspecified atom stereocenters. The lowest BCUT2D eigenvalue weighted by molar-refractivity contribution is -0.139. The summed E-state index contributed by atoms with van der Waals surface area (Å²) in [5.74, 6) is -0.738. The van der Waals surface area contributed by atoms with E-state index in [1.54, 1.807) is 0 Å². The van der Waals surface area contributed by atoms with Crippen LogP contribution in [-0.4, -0.2) is 29.3 Å². The second-order valence-corrected chi connectivity index (χ2v) is 6.08. The van der Waals surface area contributed by atoms with Crippen LogP contribution in [0.4, 0.5) is 4.79 Å². The number of alkyl carbamates (subject to hydrolysis) is 1. The number of amides is 1. The van der Waals surface area contributed by atoms with Crippen LogP contribution in [0.1, 0.15) is 33.3 Å². The first-order chi connectivity index (χ1) is 10.3. The van der Waals surface area contributed by atoms with Crippen LogP contribution >= 0.6 is 0 Å². The molecule has 1 aromatic rings. The standard InChI is InChI=1S/C17H25NO4/c1-11(2)15(12(3)4)22-17(21)18-14(16(19)20)10-13-8-6-5-7-9-13/h5-9,11-12,14-15H,10H2,1-4H3,(H,18,21)(H,19,20). The maximum Gasteiger partial charge on any atom is 0.408 e. The van der Waals surface area contributed by atoms with Crippen molar-refractivity contribution in [2.45, 2.75) is 46.3 Å². The van der Waals surface area contributed by atoms with E-state index < -0.39 is 18.1 Å². The van der Waals surface area contributed by atoms with E-state index >= 15 is 0 Å². The molecule has 1 atom stereocenters. The van der Waals surface area contributed by atoms with E-state index in [1.165, 1.54) is 0 Å². The second kappa shape index (κ2) is 8.41. The van der Waals surface area contributed by atoms with Crippen LogP contribution in [0, 0.1) is 11.8 Å². The third kappa shape index (κ3) is 5.76. The molecule has 2 N–H and O–H groups in total. The Hall–Kier alpha value is -2.04. The smallest absolute Gasteiger partial charge is 0.408 e. The molecule has 0 aliphatic rings. The zero-order valence-electron chi connectivity index (χ0n) is 13.6. The van der Waals surface area contributed by atoms with Gasteiger partial charge in [-0.3, -0.25) is 0 Å². The van der Waals surface area contributed by atoms with Crippen molar-refractivity contribution in [1.29, 1.82) is 0 Å². The molecule has 0 aliphatic carbocycles. The number of rotatable bonds is 7. The van der Waals surface area contributed by atoms with Crippen molar-refractivity contribution in [2.75, 3.05) is 0 Å². The first kappa shape index (κ1) is 18.0. The molecule has 0 radical (unpaired) electrons. The number of carbonyl (C=O) groups excluding carboxylic acids is 1. The maximum absolute atomic E-state index is 12.0. The molecule has 0 aromatic heterocycles. The number of aliphatic carboxylic acids is 1. The predicted molar refractivity (Wildman–Crippen MR) is 84.7 cm³/mol. The lowest BCUT2D eigenvalue weighted by Gasteiger charge is -2.26. The lowest BCUT2D eigenvalue weighted by atomic mass is 9.96. The summed E-state index contributed by atoms with van der Waals surface area (Å²) in [7, 11) is 0. The van der Waals surface area contributed by atoms with Gasteiger partial charge in [-0.2, -0.15) is 0 Å². The van der Waals surface area contributed by atoms with Gasteiger partial charge in [0.1, 0.15) is 12.1 Å². The van der Waals surface area contributed by atoms with Gasteiger partial charge in [0.25, 0.3) is 0 Å². The van der Waals surface area contributed by atoms with Crippen molar-refractivity contribution in [3.63, 3.8) is 0 Å². The molecule has 1 rings (SSSR count). The fourth-order valence-corrected chi connectivity index (χ4v) is 2.39. The topological polar surface area (TPSA) is 75.6 Å². The average Bonchev–Trinajstić information content (AvgIpc) is 2.44. The van der Waals surface area contributed by atoms with Crippen LogP contribution in [0.2, 0.25) is 0 Å². The Morgan fingerprint density at radius 1 is 1.09 bits per heavy atom. The van der Waals surface area contributed by atoms with Crippen LogP contribution in [0.15, 0.2) is 30.3 Å².